The number of piperidine rings is 1. The second kappa shape index (κ2) is 8.88. The van der Waals surface area contributed by atoms with Gasteiger partial charge >= 0.3 is 11.3 Å². The van der Waals surface area contributed by atoms with Crippen LogP contribution in [0.15, 0.2) is 43.1 Å². The molecule has 11 heteroatoms. The molecule has 1 aliphatic heterocycles. The van der Waals surface area contributed by atoms with Gasteiger partial charge in [0, 0.05) is 26.2 Å². The number of hydrogen-bond donors (Lipinski definition) is 1. The summed E-state index contributed by atoms with van der Waals surface area (Å²) in [5.41, 5.74) is 5.53. The maximum atomic E-state index is 13.7. The van der Waals surface area contributed by atoms with Crippen LogP contribution in [0.2, 0.25) is 0 Å². The molecule has 2 N–H and O–H groups in total. The van der Waals surface area contributed by atoms with E-state index >= 15 is 0 Å². The number of anilines is 1. The number of nitrogens with zero attached hydrogens (tertiary/aromatic N) is 6. The van der Waals surface area contributed by atoms with Crippen molar-refractivity contribution in [3.8, 4) is 11.8 Å². The summed E-state index contributed by atoms with van der Waals surface area (Å²) >= 11 is 0. The van der Waals surface area contributed by atoms with Gasteiger partial charge in [0.2, 0.25) is 5.95 Å². The van der Waals surface area contributed by atoms with Crippen LogP contribution in [-0.4, -0.2) is 42.8 Å². The van der Waals surface area contributed by atoms with E-state index in [-0.39, 0.29) is 36.0 Å². The molecule has 4 heterocycles. The Bertz CT molecular complexity index is 1680. The molecule has 35 heavy (non-hydrogen) atoms. The molecule has 1 saturated heterocycles. The number of aryl methyl sites for hydroxylation is 1. The zero-order valence-electron chi connectivity index (χ0n) is 19.5. The largest absolute Gasteiger partial charge is 0.420 e. The molecule has 0 bridgehead atoms. The number of aromatic nitrogens is 5. The molecule has 1 unspecified atom stereocenters. The minimum absolute atomic E-state index is 0.00653. The Kier molecular flexibility index (Phi) is 5.74. The van der Waals surface area contributed by atoms with Crippen molar-refractivity contribution in [3.05, 3.63) is 61.2 Å². The molecule has 3 aromatic heterocycles. The van der Waals surface area contributed by atoms with Crippen LogP contribution in [0, 0.1) is 11.8 Å². The van der Waals surface area contributed by atoms with E-state index in [0.29, 0.717) is 23.6 Å². The van der Waals surface area contributed by atoms with Crippen molar-refractivity contribution in [2.75, 3.05) is 18.0 Å². The lowest BCUT2D eigenvalue weighted by molar-refractivity contribution is 0.496. The normalized spacial score (nSPS) is 16.0. The standard InChI is InChI=1S/C24H25N7O4/c1-3-4-12-30-19-20(27-23(30)29-11-7-8-15(25)13-29)28(2)24(34)31(21(19)32)14-17-22(33)35-18-10-6-5-9-16(18)26-17/h5-6,9-10,15H,7-8,11-14,25H2,1-2H3. The van der Waals surface area contributed by atoms with Gasteiger partial charge in [-0.15, -0.1) is 5.92 Å². The molecule has 0 spiro atoms. The molecule has 1 fully saturated rings. The molecule has 0 aliphatic carbocycles. The van der Waals surface area contributed by atoms with Crippen molar-refractivity contribution in [1.29, 1.82) is 0 Å². The molecule has 0 amide bonds. The highest BCUT2D eigenvalue weighted by atomic mass is 16.4. The highest BCUT2D eigenvalue weighted by molar-refractivity contribution is 5.75. The van der Waals surface area contributed by atoms with Crippen LogP contribution < -0.4 is 27.5 Å². The quantitative estimate of drug-likeness (QED) is 0.419. The number of nitrogens with two attached hydrogens (primary N) is 1. The third-order valence-electron chi connectivity index (χ3n) is 6.23. The summed E-state index contributed by atoms with van der Waals surface area (Å²) < 4.78 is 9.35. The van der Waals surface area contributed by atoms with Crippen molar-refractivity contribution >= 4 is 28.2 Å². The van der Waals surface area contributed by atoms with Gasteiger partial charge in [-0.2, -0.15) is 4.98 Å². The monoisotopic (exact) mass is 475 g/mol. The molecule has 180 valence electrons. The maximum absolute atomic E-state index is 13.7. The topological polar surface area (TPSA) is 134 Å². The Balaban J connectivity index is 1.71. The summed E-state index contributed by atoms with van der Waals surface area (Å²) in [6, 6.07) is 6.81. The SMILES string of the molecule is CC#CCn1c(N2CCCC(N)C2)nc2c1c(=O)n(Cc1nc3ccccc3oc1=O)c(=O)n2C. The first-order valence-corrected chi connectivity index (χ1v) is 11.4. The highest BCUT2D eigenvalue weighted by Gasteiger charge is 2.26. The van der Waals surface area contributed by atoms with Crippen LogP contribution in [0.3, 0.4) is 0 Å². The Morgan fingerprint density at radius 3 is 2.74 bits per heavy atom. The predicted octanol–water partition coefficient (Wildman–Crippen LogP) is 0.397. The van der Waals surface area contributed by atoms with Gasteiger partial charge in [0.1, 0.15) is 11.2 Å². The van der Waals surface area contributed by atoms with Gasteiger partial charge in [-0.25, -0.2) is 14.6 Å². The summed E-state index contributed by atoms with van der Waals surface area (Å²) in [5.74, 6) is 6.39. The van der Waals surface area contributed by atoms with E-state index in [4.69, 9.17) is 10.2 Å². The van der Waals surface area contributed by atoms with Gasteiger partial charge in [-0.05, 0) is 31.9 Å². The molecule has 1 atom stereocenters. The van der Waals surface area contributed by atoms with E-state index in [0.717, 1.165) is 24.0 Å². The van der Waals surface area contributed by atoms with Crippen molar-refractivity contribution in [2.24, 2.45) is 12.8 Å². The first-order chi connectivity index (χ1) is 16.9. The maximum Gasteiger partial charge on any atom is 0.360 e. The summed E-state index contributed by atoms with van der Waals surface area (Å²) in [6.45, 7) is 2.93. The lowest BCUT2D eigenvalue weighted by atomic mass is 10.1. The lowest BCUT2D eigenvalue weighted by Crippen LogP contribution is -2.44. The molecule has 0 radical (unpaired) electrons. The minimum Gasteiger partial charge on any atom is -0.420 e. The number of fused-ring (bicyclic) bond motifs is 2. The van der Waals surface area contributed by atoms with Crippen LogP contribution in [0.25, 0.3) is 22.3 Å². The van der Waals surface area contributed by atoms with E-state index in [9.17, 15) is 14.4 Å². The van der Waals surface area contributed by atoms with E-state index in [1.54, 1.807) is 42.8 Å². The molecule has 4 aromatic rings. The Morgan fingerprint density at radius 2 is 1.97 bits per heavy atom. The number of rotatable bonds is 4. The predicted molar refractivity (Wildman–Crippen MR) is 131 cm³/mol. The summed E-state index contributed by atoms with van der Waals surface area (Å²) in [5, 5.41) is 0. The van der Waals surface area contributed by atoms with Gasteiger partial charge in [0.15, 0.2) is 16.7 Å². The zero-order valence-corrected chi connectivity index (χ0v) is 19.5. The average molecular weight is 476 g/mol. The molecule has 1 aliphatic rings. The van der Waals surface area contributed by atoms with Crippen LogP contribution in [0.4, 0.5) is 5.95 Å². The third kappa shape index (κ3) is 3.91. The summed E-state index contributed by atoms with van der Waals surface area (Å²) in [4.78, 5) is 50.5. The summed E-state index contributed by atoms with van der Waals surface area (Å²) in [7, 11) is 1.55. The first kappa shape index (κ1) is 22.6. The molecule has 0 saturated carbocycles. The molecule has 1 aromatic carbocycles. The minimum atomic E-state index is -0.703. The van der Waals surface area contributed by atoms with E-state index in [1.807, 2.05) is 4.90 Å². The van der Waals surface area contributed by atoms with Crippen LogP contribution in [-0.2, 0) is 20.1 Å². The van der Waals surface area contributed by atoms with Gasteiger partial charge in [-0.3, -0.25) is 18.5 Å². The van der Waals surface area contributed by atoms with Crippen molar-refractivity contribution < 1.29 is 4.42 Å². The fourth-order valence-electron chi connectivity index (χ4n) is 4.48. The number of para-hydroxylation sites is 2. The number of benzene rings is 1. The zero-order chi connectivity index (χ0) is 24.7. The van der Waals surface area contributed by atoms with Crippen LogP contribution >= 0.6 is 0 Å². The van der Waals surface area contributed by atoms with Gasteiger partial charge in [0.05, 0.1) is 13.1 Å². The second-order valence-electron chi connectivity index (χ2n) is 8.59. The fraction of sp³-hybridized carbons (Fsp3) is 0.375. The fourth-order valence-corrected chi connectivity index (χ4v) is 4.48. The van der Waals surface area contributed by atoms with Gasteiger partial charge in [-0.1, -0.05) is 18.1 Å². The molecule has 11 nitrogen and oxygen atoms in total. The highest BCUT2D eigenvalue weighted by Crippen LogP contribution is 2.22. The molecular formula is C24H25N7O4. The second-order valence-corrected chi connectivity index (χ2v) is 8.59. The molecule has 5 rings (SSSR count). The molecular weight excluding hydrogens is 450 g/mol. The van der Waals surface area contributed by atoms with Crippen molar-refractivity contribution in [2.45, 2.75) is 38.9 Å². The number of imidazole rings is 1. The third-order valence-corrected chi connectivity index (χ3v) is 6.23. The lowest BCUT2D eigenvalue weighted by Gasteiger charge is -2.31. The van der Waals surface area contributed by atoms with Gasteiger partial charge in [0.25, 0.3) is 5.56 Å². The van der Waals surface area contributed by atoms with E-state index in [2.05, 4.69) is 21.8 Å². The number of hydrogen-bond acceptors (Lipinski definition) is 8. The summed E-state index contributed by atoms with van der Waals surface area (Å²) in [6.07, 6.45) is 1.81. The van der Waals surface area contributed by atoms with E-state index in [1.165, 1.54) is 4.57 Å². The van der Waals surface area contributed by atoms with Crippen LogP contribution in [0.5, 0.6) is 0 Å². The van der Waals surface area contributed by atoms with Crippen LogP contribution in [0.1, 0.15) is 25.5 Å². The first-order valence-electron chi connectivity index (χ1n) is 11.4. The Hall–Kier alpha value is -4.17. The Morgan fingerprint density at radius 1 is 1.17 bits per heavy atom. The van der Waals surface area contributed by atoms with E-state index < -0.39 is 16.9 Å². The average Bonchev–Trinajstić information content (AvgIpc) is 3.24. The Labute approximate surface area is 199 Å². The smallest absolute Gasteiger partial charge is 0.360 e. The van der Waals surface area contributed by atoms with Crippen molar-refractivity contribution in [3.63, 3.8) is 0 Å². The van der Waals surface area contributed by atoms with Gasteiger partial charge < -0.3 is 15.1 Å². The van der Waals surface area contributed by atoms with Crippen molar-refractivity contribution in [1.82, 2.24) is 23.7 Å².